The van der Waals surface area contributed by atoms with Crippen LogP contribution in [0.15, 0.2) is 29.1 Å². The molecule has 0 aliphatic rings. The molecule has 1 aromatic carbocycles. The van der Waals surface area contributed by atoms with Crippen molar-refractivity contribution in [3.8, 4) is 5.75 Å². The first-order valence-electron chi connectivity index (χ1n) is 5.49. The van der Waals surface area contributed by atoms with Crippen molar-refractivity contribution in [1.82, 2.24) is 15.2 Å². The zero-order valence-corrected chi connectivity index (χ0v) is 10.2. The summed E-state index contributed by atoms with van der Waals surface area (Å²) < 4.78 is 5.07. The van der Waals surface area contributed by atoms with Gasteiger partial charge in [-0.1, -0.05) is 12.1 Å². The summed E-state index contributed by atoms with van der Waals surface area (Å²) >= 11 is 0. The lowest BCUT2D eigenvalue weighted by Crippen LogP contribution is -2.16. The van der Waals surface area contributed by atoms with E-state index in [1.807, 2.05) is 24.3 Å². The molecule has 18 heavy (non-hydrogen) atoms. The molecule has 0 fully saturated rings. The van der Waals surface area contributed by atoms with E-state index in [-0.39, 0.29) is 5.56 Å². The second kappa shape index (κ2) is 5.31. The van der Waals surface area contributed by atoms with E-state index >= 15 is 0 Å². The number of H-pyrrole nitrogens is 1. The average Bonchev–Trinajstić information content (AvgIpc) is 2.41. The van der Waals surface area contributed by atoms with Crippen LogP contribution in [-0.2, 0) is 6.54 Å². The zero-order chi connectivity index (χ0) is 13.0. The highest BCUT2D eigenvalue weighted by Crippen LogP contribution is 2.11. The molecule has 0 amide bonds. The Morgan fingerprint density at radius 1 is 1.28 bits per heavy atom. The van der Waals surface area contributed by atoms with Crippen molar-refractivity contribution in [2.24, 2.45) is 0 Å². The lowest BCUT2D eigenvalue weighted by atomic mass is 10.2. The van der Waals surface area contributed by atoms with Crippen LogP contribution in [0.4, 0.5) is 5.95 Å². The van der Waals surface area contributed by atoms with Crippen LogP contribution in [0.2, 0.25) is 0 Å². The van der Waals surface area contributed by atoms with Crippen molar-refractivity contribution in [2.75, 3.05) is 12.4 Å². The number of ether oxygens (including phenoxy) is 1. The molecule has 0 spiro atoms. The van der Waals surface area contributed by atoms with Crippen molar-refractivity contribution in [2.45, 2.75) is 13.5 Å². The topological polar surface area (TPSA) is 79.9 Å². The molecule has 0 radical (unpaired) electrons. The minimum atomic E-state index is -0.234. The molecule has 2 rings (SSSR count). The molecule has 1 heterocycles. The van der Waals surface area contributed by atoms with E-state index in [4.69, 9.17) is 4.74 Å². The van der Waals surface area contributed by atoms with Crippen LogP contribution in [0.25, 0.3) is 0 Å². The highest BCUT2D eigenvalue weighted by atomic mass is 16.5. The summed E-state index contributed by atoms with van der Waals surface area (Å²) in [6, 6.07) is 7.62. The molecular weight excluding hydrogens is 232 g/mol. The molecule has 0 aliphatic carbocycles. The van der Waals surface area contributed by atoms with Crippen LogP contribution in [0.3, 0.4) is 0 Å². The molecule has 6 heteroatoms. The molecular formula is C12H14N4O2. The van der Waals surface area contributed by atoms with Crippen LogP contribution in [-0.4, -0.2) is 22.3 Å². The molecule has 6 nitrogen and oxygen atoms in total. The number of rotatable bonds is 4. The minimum Gasteiger partial charge on any atom is -0.497 e. The number of nitrogens with zero attached hydrogens (tertiary/aromatic N) is 2. The van der Waals surface area contributed by atoms with Crippen molar-refractivity contribution < 1.29 is 4.74 Å². The average molecular weight is 246 g/mol. The Kier molecular flexibility index (Phi) is 3.57. The van der Waals surface area contributed by atoms with Crippen LogP contribution >= 0.6 is 0 Å². The van der Waals surface area contributed by atoms with E-state index in [2.05, 4.69) is 20.5 Å². The van der Waals surface area contributed by atoms with Gasteiger partial charge in [0, 0.05) is 6.54 Å². The second-order valence-corrected chi connectivity index (χ2v) is 3.79. The van der Waals surface area contributed by atoms with Gasteiger partial charge in [-0.2, -0.15) is 0 Å². The minimum absolute atomic E-state index is 0.234. The van der Waals surface area contributed by atoms with Gasteiger partial charge in [0.1, 0.15) is 11.4 Å². The van der Waals surface area contributed by atoms with Gasteiger partial charge >= 0.3 is 0 Å². The molecule has 0 unspecified atom stereocenters. The van der Waals surface area contributed by atoms with E-state index in [0.29, 0.717) is 18.2 Å². The maximum atomic E-state index is 11.3. The van der Waals surface area contributed by atoms with E-state index in [1.54, 1.807) is 14.0 Å². The number of benzene rings is 1. The first-order chi connectivity index (χ1) is 8.69. The Morgan fingerprint density at radius 2 is 2.00 bits per heavy atom. The van der Waals surface area contributed by atoms with Gasteiger partial charge in [0.2, 0.25) is 5.95 Å². The van der Waals surface area contributed by atoms with Gasteiger partial charge < -0.3 is 10.1 Å². The summed E-state index contributed by atoms with van der Waals surface area (Å²) in [5.74, 6) is 1.17. The number of aryl methyl sites for hydroxylation is 1. The number of hydrogen-bond donors (Lipinski definition) is 2. The monoisotopic (exact) mass is 246 g/mol. The van der Waals surface area contributed by atoms with Gasteiger partial charge in [0.25, 0.3) is 5.56 Å². The highest BCUT2D eigenvalue weighted by molar-refractivity contribution is 5.30. The first kappa shape index (κ1) is 12.1. The molecule has 0 bridgehead atoms. The summed E-state index contributed by atoms with van der Waals surface area (Å²) in [4.78, 5) is 13.9. The lowest BCUT2D eigenvalue weighted by Gasteiger charge is -2.05. The normalized spacial score (nSPS) is 10.1. The number of hydrogen-bond acceptors (Lipinski definition) is 5. The summed E-state index contributed by atoms with van der Waals surface area (Å²) in [5.41, 5.74) is 1.17. The fraction of sp³-hybridized carbons (Fsp3) is 0.250. The lowest BCUT2D eigenvalue weighted by molar-refractivity contribution is 0.414. The first-order valence-corrected chi connectivity index (χ1v) is 5.49. The molecule has 1 aromatic heterocycles. The third-order valence-corrected chi connectivity index (χ3v) is 2.48. The van der Waals surface area contributed by atoms with Gasteiger partial charge in [-0.3, -0.25) is 9.78 Å². The number of methoxy groups -OCH3 is 1. The fourth-order valence-electron chi connectivity index (χ4n) is 1.40. The second-order valence-electron chi connectivity index (χ2n) is 3.79. The van der Waals surface area contributed by atoms with Gasteiger partial charge in [0.05, 0.1) is 7.11 Å². The summed E-state index contributed by atoms with van der Waals surface area (Å²) in [5, 5.41) is 10.6. The largest absolute Gasteiger partial charge is 0.497 e. The van der Waals surface area contributed by atoms with Gasteiger partial charge in [0.15, 0.2) is 0 Å². The number of anilines is 1. The van der Waals surface area contributed by atoms with Crippen molar-refractivity contribution in [3.05, 3.63) is 45.9 Å². The van der Waals surface area contributed by atoms with Crippen LogP contribution in [0.5, 0.6) is 5.75 Å². The van der Waals surface area contributed by atoms with Gasteiger partial charge in [-0.05, 0) is 24.6 Å². The van der Waals surface area contributed by atoms with Gasteiger partial charge in [-0.15, -0.1) is 10.2 Å². The van der Waals surface area contributed by atoms with Gasteiger partial charge in [-0.25, -0.2) is 0 Å². The summed E-state index contributed by atoms with van der Waals surface area (Å²) in [6.07, 6.45) is 0. The van der Waals surface area contributed by atoms with Crippen molar-refractivity contribution >= 4 is 5.95 Å². The van der Waals surface area contributed by atoms with E-state index < -0.39 is 0 Å². The Labute approximate surface area is 104 Å². The Morgan fingerprint density at radius 3 is 2.61 bits per heavy atom. The Hall–Kier alpha value is -2.37. The zero-order valence-electron chi connectivity index (χ0n) is 10.2. The van der Waals surface area contributed by atoms with E-state index in [1.165, 1.54) is 0 Å². The maximum Gasteiger partial charge on any atom is 0.273 e. The number of aromatic amines is 1. The van der Waals surface area contributed by atoms with Crippen molar-refractivity contribution in [1.29, 1.82) is 0 Å². The predicted molar refractivity (Wildman–Crippen MR) is 67.7 cm³/mol. The standard InChI is InChI=1S/C12H14N4O2/c1-8-11(17)14-12(16-15-8)13-7-9-3-5-10(18-2)6-4-9/h3-6H,7H2,1-2H3,(H2,13,14,16,17). The molecule has 0 saturated carbocycles. The highest BCUT2D eigenvalue weighted by Gasteiger charge is 2.00. The van der Waals surface area contributed by atoms with Crippen LogP contribution in [0.1, 0.15) is 11.3 Å². The Balaban J connectivity index is 2.02. The van der Waals surface area contributed by atoms with E-state index in [0.717, 1.165) is 11.3 Å². The molecule has 2 N–H and O–H groups in total. The van der Waals surface area contributed by atoms with Crippen molar-refractivity contribution in [3.63, 3.8) is 0 Å². The van der Waals surface area contributed by atoms with Crippen LogP contribution in [0, 0.1) is 6.92 Å². The van der Waals surface area contributed by atoms with E-state index in [9.17, 15) is 4.79 Å². The SMILES string of the molecule is COc1ccc(CNc2nnc(C)c(=O)[nH]2)cc1. The number of aromatic nitrogens is 3. The molecule has 0 saturated heterocycles. The fourth-order valence-corrected chi connectivity index (χ4v) is 1.40. The summed E-state index contributed by atoms with van der Waals surface area (Å²) in [6.45, 7) is 2.16. The third kappa shape index (κ3) is 2.85. The molecule has 0 aliphatic heterocycles. The maximum absolute atomic E-state index is 11.3. The summed E-state index contributed by atoms with van der Waals surface area (Å²) in [7, 11) is 1.62. The number of nitrogens with one attached hydrogen (secondary N) is 2. The van der Waals surface area contributed by atoms with Crippen LogP contribution < -0.4 is 15.6 Å². The molecule has 0 atom stereocenters. The third-order valence-electron chi connectivity index (χ3n) is 2.48. The predicted octanol–water partition coefficient (Wildman–Crippen LogP) is 1.09. The Bertz CT molecular complexity index is 577. The quantitative estimate of drug-likeness (QED) is 0.844. The molecule has 2 aromatic rings. The smallest absolute Gasteiger partial charge is 0.273 e. The molecule has 94 valence electrons.